The van der Waals surface area contributed by atoms with Gasteiger partial charge in [0.1, 0.15) is 5.82 Å². The van der Waals surface area contributed by atoms with Gasteiger partial charge in [0, 0.05) is 32.0 Å². The quantitative estimate of drug-likeness (QED) is 0.595. The number of benzene rings is 1. The van der Waals surface area contributed by atoms with Gasteiger partial charge in [-0.25, -0.2) is 4.98 Å². The van der Waals surface area contributed by atoms with Crippen molar-refractivity contribution >= 4 is 39.2 Å². The predicted molar refractivity (Wildman–Crippen MR) is 112 cm³/mol. The molecule has 6 nitrogen and oxygen atoms in total. The Morgan fingerprint density at radius 2 is 2.07 bits per heavy atom. The molecule has 0 radical (unpaired) electrons. The number of likely N-dealkylation sites (tertiary alicyclic amines) is 1. The minimum Gasteiger partial charge on any atom is -0.341 e. The fourth-order valence-corrected chi connectivity index (χ4v) is 5.75. The van der Waals surface area contributed by atoms with Gasteiger partial charge in [-0.05, 0) is 37.8 Å². The Hall–Kier alpha value is -1.93. The zero-order valence-electron chi connectivity index (χ0n) is 15.9. The molecule has 1 aromatic carbocycles. The Bertz CT molecular complexity index is 976. The van der Waals surface area contributed by atoms with E-state index >= 15 is 0 Å². The van der Waals surface area contributed by atoms with E-state index in [1.807, 2.05) is 18.0 Å². The maximum atomic E-state index is 12.8. The molecule has 1 atom stereocenters. The smallest absolute Gasteiger partial charge is 0.233 e. The Balaban J connectivity index is 1.22. The second-order valence-corrected chi connectivity index (χ2v) is 9.67. The van der Waals surface area contributed by atoms with Crippen LogP contribution in [-0.4, -0.2) is 49.4 Å². The van der Waals surface area contributed by atoms with Gasteiger partial charge in [0.2, 0.25) is 5.91 Å². The normalized spacial score (nSPS) is 20.0. The molecule has 0 N–H and O–H groups in total. The number of aromatic nitrogens is 4. The first-order chi connectivity index (χ1) is 13.7. The molecule has 8 heteroatoms. The zero-order chi connectivity index (χ0) is 19.1. The van der Waals surface area contributed by atoms with Crippen LogP contribution in [0.1, 0.15) is 48.4 Å². The van der Waals surface area contributed by atoms with Crippen molar-refractivity contribution in [1.29, 1.82) is 0 Å². The fraction of sp³-hybridized carbons (Fsp3) is 0.500. The lowest BCUT2D eigenvalue weighted by atomic mass is 9.99. The van der Waals surface area contributed by atoms with Crippen LogP contribution in [0.3, 0.4) is 0 Å². The number of piperidine rings is 1. The number of rotatable bonds is 5. The molecular formula is C20H23N5OS2. The lowest BCUT2D eigenvalue weighted by molar-refractivity contribution is -0.129. The van der Waals surface area contributed by atoms with Crippen LogP contribution < -0.4 is 0 Å². The van der Waals surface area contributed by atoms with Gasteiger partial charge in [0.05, 0.1) is 21.0 Å². The van der Waals surface area contributed by atoms with Crippen molar-refractivity contribution in [3.63, 3.8) is 0 Å². The van der Waals surface area contributed by atoms with Gasteiger partial charge in [0.15, 0.2) is 5.16 Å². The van der Waals surface area contributed by atoms with E-state index in [9.17, 15) is 4.79 Å². The minimum atomic E-state index is 0.187. The topological polar surface area (TPSA) is 63.9 Å². The van der Waals surface area contributed by atoms with Crippen LogP contribution in [0.2, 0.25) is 0 Å². The average molecular weight is 414 g/mol. The molecule has 2 fully saturated rings. The van der Waals surface area contributed by atoms with Crippen LogP contribution in [0.5, 0.6) is 0 Å². The summed E-state index contributed by atoms with van der Waals surface area (Å²) in [6, 6.07) is 8.27. The maximum Gasteiger partial charge on any atom is 0.233 e. The summed E-state index contributed by atoms with van der Waals surface area (Å²) in [5.41, 5.74) is 1.07. The van der Waals surface area contributed by atoms with Crippen molar-refractivity contribution in [2.45, 2.75) is 42.7 Å². The number of amides is 1. The lowest BCUT2D eigenvalue weighted by Crippen LogP contribution is -2.40. The lowest BCUT2D eigenvalue weighted by Gasteiger charge is -2.31. The molecule has 146 valence electrons. The van der Waals surface area contributed by atoms with Gasteiger partial charge in [0.25, 0.3) is 0 Å². The van der Waals surface area contributed by atoms with Gasteiger partial charge in [-0.2, -0.15) is 0 Å². The number of fused-ring (bicyclic) bond motifs is 1. The first-order valence-corrected chi connectivity index (χ1v) is 11.6. The Morgan fingerprint density at radius 3 is 2.89 bits per heavy atom. The monoisotopic (exact) mass is 413 g/mol. The van der Waals surface area contributed by atoms with Gasteiger partial charge >= 0.3 is 0 Å². The standard InChI is InChI=1S/C20H23N5OS2/c1-24-18(13-8-9-13)22-23-20(24)27-12-17(26)25-10-4-5-14(11-25)19-21-15-6-2-3-7-16(15)28-19/h2-3,6-7,13-14H,4-5,8-12H2,1H3. The highest BCUT2D eigenvalue weighted by molar-refractivity contribution is 7.99. The molecular weight excluding hydrogens is 390 g/mol. The number of hydrogen-bond acceptors (Lipinski definition) is 6. The molecule has 1 saturated heterocycles. The highest BCUT2D eigenvalue weighted by atomic mass is 32.2. The minimum absolute atomic E-state index is 0.187. The molecule has 2 aromatic heterocycles. The van der Waals surface area contributed by atoms with Gasteiger partial charge < -0.3 is 9.47 Å². The second kappa shape index (κ2) is 7.48. The molecule has 1 amide bonds. The Labute approximate surface area is 172 Å². The third-order valence-electron chi connectivity index (χ3n) is 5.57. The molecule has 3 heterocycles. The highest BCUT2D eigenvalue weighted by Gasteiger charge is 2.30. The third-order valence-corrected chi connectivity index (χ3v) is 7.77. The number of carbonyl (C=O) groups excluding carboxylic acids is 1. The molecule has 1 saturated carbocycles. The molecule has 2 aliphatic rings. The summed E-state index contributed by atoms with van der Waals surface area (Å²) in [5, 5.41) is 10.6. The first kappa shape index (κ1) is 18.1. The average Bonchev–Trinajstić information content (AvgIpc) is 3.36. The summed E-state index contributed by atoms with van der Waals surface area (Å²) < 4.78 is 3.28. The molecule has 1 unspecified atom stereocenters. The van der Waals surface area contributed by atoms with E-state index < -0.39 is 0 Å². The van der Waals surface area contributed by atoms with E-state index in [4.69, 9.17) is 4.98 Å². The zero-order valence-corrected chi connectivity index (χ0v) is 17.5. The van der Waals surface area contributed by atoms with E-state index in [2.05, 4.69) is 33.0 Å². The Morgan fingerprint density at radius 1 is 1.21 bits per heavy atom. The van der Waals surface area contributed by atoms with E-state index in [1.54, 1.807) is 11.3 Å². The number of carbonyl (C=O) groups is 1. The van der Waals surface area contributed by atoms with Crippen molar-refractivity contribution in [3.05, 3.63) is 35.1 Å². The molecule has 28 heavy (non-hydrogen) atoms. The number of para-hydroxylation sites is 1. The molecule has 0 bridgehead atoms. The SMILES string of the molecule is Cn1c(SCC(=O)N2CCCC(c3nc4ccccc4s3)C2)nnc1C1CC1. The predicted octanol–water partition coefficient (Wildman–Crippen LogP) is 3.80. The van der Waals surface area contributed by atoms with Crippen molar-refractivity contribution in [1.82, 2.24) is 24.6 Å². The molecule has 5 rings (SSSR count). The van der Waals surface area contributed by atoms with Gasteiger partial charge in [-0.3, -0.25) is 4.79 Å². The summed E-state index contributed by atoms with van der Waals surface area (Å²) in [4.78, 5) is 19.6. The number of hydrogen-bond donors (Lipinski definition) is 0. The summed E-state index contributed by atoms with van der Waals surface area (Å²) in [6.45, 7) is 1.61. The number of thioether (sulfide) groups is 1. The van der Waals surface area contributed by atoms with Crippen LogP contribution in [0.4, 0.5) is 0 Å². The largest absolute Gasteiger partial charge is 0.341 e. The van der Waals surface area contributed by atoms with Crippen molar-refractivity contribution in [3.8, 4) is 0 Å². The molecule has 0 spiro atoms. The van der Waals surface area contributed by atoms with E-state index in [0.717, 1.165) is 47.4 Å². The van der Waals surface area contributed by atoms with Crippen LogP contribution in [0.25, 0.3) is 10.2 Å². The van der Waals surface area contributed by atoms with Gasteiger partial charge in [-0.1, -0.05) is 23.9 Å². The Kier molecular flexibility index (Phi) is 4.84. The van der Waals surface area contributed by atoms with Crippen molar-refractivity contribution in [2.24, 2.45) is 7.05 Å². The maximum absolute atomic E-state index is 12.8. The summed E-state index contributed by atoms with van der Waals surface area (Å²) in [5.74, 6) is 2.58. The summed E-state index contributed by atoms with van der Waals surface area (Å²) >= 11 is 3.27. The van der Waals surface area contributed by atoms with Crippen LogP contribution in [0.15, 0.2) is 29.4 Å². The van der Waals surface area contributed by atoms with Crippen LogP contribution >= 0.6 is 23.1 Å². The van der Waals surface area contributed by atoms with Crippen LogP contribution in [-0.2, 0) is 11.8 Å². The number of thiazole rings is 1. The summed E-state index contributed by atoms with van der Waals surface area (Å²) in [7, 11) is 2.00. The third kappa shape index (κ3) is 3.55. The van der Waals surface area contributed by atoms with Crippen molar-refractivity contribution < 1.29 is 4.79 Å². The van der Waals surface area contributed by atoms with Gasteiger partial charge in [-0.15, -0.1) is 21.5 Å². The first-order valence-electron chi connectivity index (χ1n) is 9.84. The molecule has 1 aliphatic heterocycles. The summed E-state index contributed by atoms with van der Waals surface area (Å²) in [6.07, 6.45) is 4.55. The van der Waals surface area contributed by atoms with E-state index in [-0.39, 0.29) is 5.91 Å². The fourth-order valence-electron chi connectivity index (χ4n) is 3.84. The highest BCUT2D eigenvalue weighted by Crippen LogP contribution is 2.39. The molecule has 1 aliphatic carbocycles. The van der Waals surface area contributed by atoms with E-state index in [0.29, 0.717) is 17.6 Å². The number of nitrogens with zero attached hydrogens (tertiary/aromatic N) is 5. The van der Waals surface area contributed by atoms with Crippen LogP contribution in [0, 0.1) is 0 Å². The van der Waals surface area contributed by atoms with E-state index in [1.165, 1.54) is 29.3 Å². The van der Waals surface area contributed by atoms with Crippen molar-refractivity contribution in [2.75, 3.05) is 18.8 Å². The second-order valence-electron chi connectivity index (χ2n) is 7.66. The molecule has 3 aromatic rings.